The fraction of sp³-hybridized carbons (Fsp3) is 0.571. The van der Waals surface area contributed by atoms with E-state index in [-0.39, 0.29) is 17.5 Å². The number of hydrogen-bond donors (Lipinski definition) is 4. The van der Waals surface area contributed by atoms with Crippen molar-refractivity contribution in [2.75, 3.05) is 27.2 Å². The van der Waals surface area contributed by atoms with Gasteiger partial charge in [-0.2, -0.15) is 0 Å². The topological polar surface area (TPSA) is 76.0 Å². The summed E-state index contributed by atoms with van der Waals surface area (Å²) in [4.78, 5) is 1.92. The number of phenols is 2. The molecule has 0 aliphatic rings. The molecule has 1 rings (SSSR count). The molecule has 5 nitrogen and oxygen atoms in total. The molecule has 0 radical (unpaired) electrons. The van der Waals surface area contributed by atoms with Crippen LogP contribution >= 0.6 is 0 Å². The fourth-order valence-electron chi connectivity index (χ4n) is 2.10. The number of likely N-dealkylation sites (N-methyl/N-ethyl adjacent to an activating group) is 1. The molecule has 0 bridgehead atoms. The first-order chi connectivity index (χ1) is 8.69. The predicted molar refractivity (Wildman–Crippen MR) is 75.4 cm³/mol. The minimum Gasteiger partial charge on any atom is -0.508 e. The Kier molecular flexibility index (Phi) is 5.17. The van der Waals surface area contributed by atoms with Gasteiger partial charge >= 0.3 is 0 Å². The predicted octanol–water partition coefficient (Wildman–Crippen LogP) is 1.06. The van der Waals surface area contributed by atoms with E-state index in [1.807, 2.05) is 25.9 Å². The first-order valence-electron chi connectivity index (χ1n) is 6.33. The van der Waals surface area contributed by atoms with E-state index in [4.69, 9.17) is 0 Å². The Balaban J connectivity index is 2.62. The van der Waals surface area contributed by atoms with E-state index in [9.17, 15) is 15.3 Å². The molecule has 2 unspecified atom stereocenters. The Labute approximate surface area is 114 Å². The van der Waals surface area contributed by atoms with E-state index in [0.29, 0.717) is 13.1 Å². The van der Waals surface area contributed by atoms with E-state index in [1.54, 1.807) is 19.1 Å². The van der Waals surface area contributed by atoms with E-state index in [2.05, 4.69) is 5.32 Å². The number of phenolic OH excluding ortho intramolecular Hbond substituents is 2. The summed E-state index contributed by atoms with van der Waals surface area (Å²) in [6.07, 6.45) is 0. The molecule has 2 atom stereocenters. The summed E-state index contributed by atoms with van der Waals surface area (Å²) in [6, 6.07) is 4.40. The molecular weight excluding hydrogens is 244 g/mol. The number of nitrogens with zero attached hydrogens (tertiary/aromatic N) is 1. The van der Waals surface area contributed by atoms with Crippen LogP contribution in [0, 0.1) is 0 Å². The van der Waals surface area contributed by atoms with Gasteiger partial charge in [0.1, 0.15) is 11.5 Å². The van der Waals surface area contributed by atoms with Gasteiger partial charge in [-0.05, 0) is 45.6 Å². The molecule has 0 saturated carbocycles. The average Bonchev–Trinajstić information content (AvgIpc) is 2.22. The van der Waals surface area contributed by atoms with Crippen molar-refractivity contribution < 1.29 is 15.3 Å². The molecule has 0 heterocycles. The highest BCUT2D eigenvalue weighted by molar-refractivity contribution is 5.37. The molecule has 108 valence electrons. The maximum absolute atomic E-state index is 10.2. The van der Waals surface area contributed by atoms with Crippen LogP contribution in [-0.2, 0) is 0 Å². The lowest BCUT2D eigenvalue weighted by atomic mass is 10.0. The summed E-state index contributed by atoms with van der Waals surface area (Å²) in [6.45, 7) is 4.66. The van der Waals surface area contributed by atoms with Crippen LogP contribution in [0.4, 0.5) is 0 Å². The second-order valence-corrected chi connectivity index (χ2v) is 5.62. The summed E-state index contributed by atoms with van der Waals surface area (Å²) in [7, 11) is 3.82. The highest BCUT2D eigenvalue weighted by atomic mass is 16.3. The number of aromatic hydroxyl groups is 2. The largest absolute Gasteiger partial charge is 0.508 e. The minimum absolute atomic E-state index is 0.0312. The molecule has 0 fully saturated rings. The number of hydrogen-bond acceptors (Lipinski definition) is 5. The molecule has 0 saturated heterocycles. The molecular formula is C14H24N2O3. The first kappa shape index (κ1) is 15.8. The highest BCUT2D eigenvalue weighted by Gasteiger charge is 2.22. The van der Waals surface area contributed by atoms with E-state index in [0.717, 1.165) is 5.56 Å². The van der Waals surface area contributed by atoms with Crippen molar-refractivity contribution in [3.05, 3.63) is 23.8 Å². The number of aliphatic hydroxyl groups is 1. The van der Waals surface area contributed by atoms with Gasteiger partial charge in [0.25, 0.3) is 0 Å². The summed E-state index contributed by atoms with van der Waals surface area (Å²) in [5, 5.41) is 32.3. The van der Waals surface area contributed by atoms with Crippen LogP contribution in [0.2, 0.25) is 0 Å². The first-order valence-corrected chi connectivity index (χ1v) is 6.33. The quantitative estimate of drug-likeness (QED) is 0.621. The van der Waals surface area contributed by atoms with Crippen molar-refractivity contribution in [1.29, 1.82) is 0 Å². The zero-order chi connectivity index (χ0) is 14.6. The molecule has 0 aliphatic heterocycles. The molecule has 1 aromatic carbocycles. The highest BCUT2D eigenvalue weighted by Crippen LogP contribution is 2.24. The third-order valence-electron chi connectivity index (χ3n) is 2.87. The monoisotopic (exact) mass is 268 g/mol. The Morgan fingerprint density at radius 2 is 1.74 bits per heavy atom. The smallest absolute Gasteiger partial charge is 0.119 e. The van der Waals surface area contributed by atoms with Gasteiger partial charge in [0.05, 0.1) is 5.60 Å². The van der Waals surface area contributed by atoms with Gasteiger partial charge in [0.2, 0.25) is 0 Å². The molecule has 0 aliphatic carbocycles. The second kappa shape index (κ2) is 6.23. The summed E-state index contributed by atoms with van der Waals surface area (Å²) in [5.74, 6) is 0.0624. The number of benzene rings is 1. The van der Waals surface area contributed by atoms with Gasteiger partial charge in [-0.3, -0.25) is 0 Å². The lowest BCUT2D eigenvalue weighted by molar-refractivity contribution is 0.0317. The molecule has 0 aromatic heterocycles. The number of rotatable bonds is 6. The molecule has 19 heavy (non-hydrogen) atoms. The van der Waals surface area contributed by atoms with Crippen LogP contribution in [0.3, 0.4) is 0 Å². The van der Waals surface area contributed by atoms with Gasteiger partial charge in [-0.1, -0.05) is 0 Å². The zero-order valence-electron chi connectivity index (χ0n) is 12.0. The van der Waals surface area contributed by atoms with E-state index >= 15 is 0 Å². The molecule has 4 N–H and O–H groups in total. The maximum atomic E-state index is 10.2. The van der Waals surface area contributed by atoms with Crippen LogP contribution < -0.4 is 5.32 Å². The maximum Gasteiger partial charge on any atom is 0.119 e. The Morgan fingerprint density at radius 3 is 2.21 bits per heavy atom. The standard InChI is InChI=1S/C14H24N2O3/c1-10(11-5-12(17)7-13(18)6-11)15-8-14(2,19)9-16(3)4/h5-7,10,15,17-19H,8-9H2,1-4H3. The van der Waals surface area contributed by atoms with Gasteiger partial charge in [0.15, 0.2) is 0 Å². The van der Waals surface area contributed by atoms with Crippen LogP contribution in [-0.4, -0.2) is 53.0 Å². The summed E-state index contributed by atoms with van der Waals surface area (Å²) < 4.78 is 0. The average molecular weight is 268 g/mol. The number of nitrogens with one attached hydrogen (secondary N) is 1. The van der Waals surface area contributed by atoms with Crippen LogP contribution in [0.1, 0.15) is 25.5 Å². The second-order valence-electron chi connectivity index (χ2n) is 5.62. The third-order valence-corrected chi connectivity index (χ3v) is 2.87. The zero-order valence-corrected chi connectivity index (χ0v) is 12.0. The lowest BCUT2D eigenvalue weighted by Gasteiger charge is -2.29. The third kappa shape index (κ3) is 5.46. The van der Waals surface area contributed by atoms with Crippen molar-refractivity contribution >= 4 is 0 Å². The summed E-state index contributed by atoms with van der Waals surface area (Å²) >= 11 is 0. The van der Waals surface area contributed by atoms with Crippen molar-refractivity contribution in [2.45, 2.75) is 25.5 Å². The van der Waals surface area contributed by atoms with Crippen LogP contribution in [0.5, 0.6) is 11.5 Å². The van der Waals surface area contributed by atoms with Crippen LogP contribution in [0.25, 0.3) is 0 Å². The lowest BCUT2D eigenvalue weighted by Crippen LogP contribution is -2.46. The van der Waals surface area contributed by atoms with Gasteiger partial charge in [-0.15, -0.1) is 0 Å². The fourth-order valence-corrected chi connectivity index (χ4v) is 2.10. The summed E-state index contributed by atoms with van der Waals surface area (Å²) in [5.41, 5.74) is -0.0606. The normalized spacial score (nSPS) is 16.3. The Bertz CT molecular complexity index is 399. The Morgan fingerprint density at radius 1 is 1.21 bits per heavy atom. The van der Waals surface area contributed by atoms with Gasteiger partial charge in [-0.25, -0.2) is 0 Å². The van der Waals surface area contributed by atoms with Crippen molar-refractivity contribution in [3.8, 4) is 11.5 Å². The van der Waals surface area contributed by atoms with Gasteiger partial charge < -0.3 is 25.5 Å². The molecule has 0 amide bonds. The van der Waals surface area contributed by atoms with Gasteiger partial charge in [0, 0.05) is 25.2 Å². The van der Waals surface area contributed by atoms with Crippen LogP contribution in [0.15, 0.2) is 18.2 Å². The Hall–Kier alpha value is -1.30. The van der Waals surface area contributed by atoms with E-state index < -0.39 is 5.60 Å². The molecule has 1 aromatic rings. The SMILES string of the molecule is CC(NCC(C)(O)CN(C)C)c1cc(O)cc(O)c1. The molecule has 5 heteroatoms. The van der Waals surface area contributed by atoms with Crippen molar-refractivity contribution in [1.82, 2.24) is 10.2 Å². The van der Waals surface area contributed by atoms with E-state index in [1.165, 1.54) is 6.07 Å². The van der Waals surface area contributed by atoms with Crippen molar-refractivity contribution in [2.24, 2.45) is 0 Å². The molecule has 0 spiro atoms. The minimum atomic E-state index is -0.837. The van der Waals surface area contributed by atoms with Crippen molar-refractivity contribution in [3.63, 3.8) is 0 Å².